The summed E-state index contributed by atoms with van der Waals surface area (Å²) in [6.45, 7) is 0. The van der Waals surface area contributed by atoms with Crippen LogP contribution < -0.4 is 5.73 Å². The SMILES string of the molecule is NC(CCC(=O)O)c1ncccn1. The summed E-state index contributed by atoms with van der Waals surface area (Å²) in [6, 6.07) is 1.30. The van der Waals surface area contributed by atoms with E-state index in [1.165, 1.54) is 0 Å². The highest BCUT2D eigenvalue weighted by Crippen LogP contribution is 2.09. The van der Waals surface area contributed by atoms with Gasteiger partial charge in [-0.3, -0.25) is 4.79 Å². The smallest absolute Gasteiger partial charge is 0.303 e. The van der Waals surface area contributed by atoms with Gasteiger partial charge in [-0.15, -0.1) is 0 Å². The molecule has 1 rings (SSSR count). The summed E-state index contributed by atoms with van der Waals surface area (Å²) in [7, 11) is 0. The van der Waals surface area contributed by atoms with Crippen molar-refractivity contribution in [2.24, 2.45) is 5.73 Å². The number of nitrogens with two attached hydrogens (primary N) is 1. The van der Waals surface area contributed by atoms with Crippen molar-refractivity contribution in [1.82, 2.24) is 9.97 Å². The zero-order chi connectivity index (χ0) is 9.68. The average molecular weight is 181 g/mol. The van der Waals surface area contributed by atoms with Crippen LogP contribution in [-0.4, -0.2) is 21.0 Å². The van der Waals surface area contributed by atoms with Crippen LogP contribution in [0, 0.1) is 0 Å². The molecule has 0 aromatic carbocycles. The first-order valence-corrected chi connectivity index (χ1v) is 3.94. The molecule has 0 spiro atoms. The fourth-order valence-electron chi connectivity index (χ4n) is 0.910. The van der Waals surface area contributed by atoms with E-state index in [9.17, 15) is 4.79 Å². The lowest BCUT2D eigenvalue weighted by Crippen LogP contribution is -2.15. The molecular formula is C8H11N3O2. The maximum absolute atomic E-state index is 10.2. The van der Waals surface area contributed by atoms with Crippen molar-refractivity contribution in [3.05, 3.63) is 24.3 Å². The number of rotatable bonds is 4. The van der Waals surface area contributed by atoms with Crippen molar-refractivity contribution in [3.63, 3.8) is 0 Å². The molecule has 0 saturated heterocycles. The Morgan fingerprint density at radius 1 is 1.54 bits per heavy atom. The van der Waals surface area contributed by atoms with Crippen LogP contribution in [0.25, 0.3) is 0 Å². The summed E-state index contributed by atoms with van der Waals surface area (Å²) in [5, 5.41) is 8.41. The Morgan fingerprint density at radius 2 is 2.15 bits per heavy atom. The van der Waals surface area contributed by atoms with Gasteiger partial charge in [0.1, 0.15) is 5.82 Å². The number of aliphatic carboxylic acids is 1. The summed E-state index contributed by atoms with van der Waals surface area (Å²) in [5.74, 6) is -0.366. The van der Waals surface area contributed by atoms with Crippen molar-refractivity contribution in [2.75, 3.05) is 0 Å². The Bertz CT molecular complexity index is 276. The molecule has 0 aliphatic heterocycles. The lowest BCUT2D eigenvalue weighted by atomic mass is 10.1. The van der Waals surface area contributed by atoms with E-state index in [1.807, 2.05) is 0 Å². The standard InChI is InChI=1S/C8H11N3O2/c9-6(2-3-7(12)13)8-10-4-1-5-11-8/h1,4-6H,2-3,9H2,(H,12,13). The van der Waals surface area contributed by atoms with Crippen LogP contribution in [0.1, 0.15) is 24.7 Å². The minimum absolute atomic E-state index is 0.0411. The third-order valence-electron chi connectivity index (χ3n) is 1.59. The summed E-state index contributed by atoms with van der Waals surface area (Å²) in [5.41, 5.74) is 5.65. The Morgan fingerprint density at radius 3 is 2.69 bits per heavy atom. The molecule has 0 aliphatic carbocycles. The number of aromatic nitrogens is 2. The van der Waals surface area contributed by atoms with Gasteiger partial charge in [-0.05, 0) is 12.5 Å². The predicted molar refractivity (Wildman–Crippen MR) is 45.8 cm³/mol. The maximum Gasteiger partial charge on any atom is 0.303 e. The number of nitrogens with zero attached hydrogens (tertiary/aromatic N) is 2. The van der Waals surface area contributed by atoms with Crippen LogP contribution in [0.15, 0.2) is 18.5 Å². The van der Waals surface area contributed by atoms with Crippen LogP contribution in [-0.2, 0) is 4.79 Å². The van der Waals surface area contributed by atoms with E-state index in [4.69, 9.17) is 10.8 Å². The van der Waals surface area contributed by atoms with Crippen LogP contribution >= 0.6 is 0 Å². The van der Waals surface area contributed by atoms with Gasteiger partial charge in [-0.2, -0.15) is 0 Å². The van der Waals surface area contributed by atoms with E-state index in [0.29, 0.717) is 12.2 Å². The monoisotopic (exact) mass is 181 g/mol. The van der Waals surface area contributed by atoms with Gasteiger partial charge in [0.15, 0.2) is 0 Å². The largest absolute Gasteiger partial charge is 0.481 e. The lowest BCUT2D eigenvalue weighted by Gasteiger charge is -2.06. The van der Waals surface area contributed by atoms with E-state index in [1.54, 1.807) is 18.5 Å². The van der Waals surface area contributed by atoms with Crippen molar-refractivity contribution >= 4 is 5.97 Å². The van der Waals surface area contributed by atoms with Crippen molar-refractivity contribution < 1.29 is 9.90 Å². The number of carboxylic acids is 1. The highest BCUT2D eigenvalue weighted by molar-refractivity contribution is 5.66. The van der Waals surface area contributed by atoms with Gasteiger partial charge in [0.05, 0.1) is 6.04 Å². The molecule has 13 heavy (non-hydrogen) atoms. The molecule has 0 radical (unpaired) electrons. The zero-order valence-corrected chi connectivity index (χ0v) is 7.05. The molecule has 0 fully saturated rings. The van der Waals surface area contributed by atoms with Crippen molar-refractivity contribution in [3.8, 4) is 0 Å². The Balaban J connectivity index is 2.49. The van der Waals surface area contributed by atoms with E-state index in [0.717, 1.165) is 0 Å². The quantitative estimate of drug-likeness (QED) is 0.699. The molecule has 5 heteroatoms. The first kappa shape index (κ1) is 9.60. The second kappa shape index (κ2) is 4.51. The van der Waals surface area contributed by atoms with E-state index in [-0.39, 0.29) is 6.42 Å². The number of hydrogen-bond donors (Lipinski definition) is 2. The summed E-state index contributed by atoms with van der Waals surface area (Å²) < 4.78 is 0. The van der Waals surface area contributed by atoms with Gasteiger partial charge in [0.2, 0.25) is 0 Å². The number of carboxylic acid groups (broad SMARTS) is 1. The third-order valence-corrected chi connectivity index (χ3v) is 1.59. The van der Waals surface area contributed by atoms with Gasteiger partial charge >= 0.3 is 5.97 Å². The molecule has 1 aromatic heterocycles. The molecule has 0 bridgehead atoms. The molecule has 0 aliphatic rings. The van der Waals surface area contributed by atoms with Crippen LogP contribution in [0.3, 0.4) is 0 Å². The number of carbonyl (C=O) groups is 1. The minimum Gasteiger partial charge on any atom is -0.481 e. The predicted octanol–water partition coefficient (Wildman–Crippen LogP) is 0.341. The Hall–Kier alpha value is -1.49. The van der Waals surface area contributed by atoms with Crippen LogP contribution in [0.2, 0.25) is 0 Å². The summed E-state index contributed by atoms with van der Waals surface area (Å²) in [6.07, 6.45) is 3.57. The van der Waals surface area contributed by atoms with E-state index < -0.39 is 12.0 Å². The highest BCUT2D eigenvalue weighted by atomic mass is 16.4. The molecule has 70 valence electrons. The topological polar surface area (TPSA) is 89.1 Å². The third kappa shape index (κ3) is 3.16. The maximum atomic E-state index is 10.2. The fraction of sp³-hybridized carbons (Fsp3) is 0.375. The van der Waals surface area contributed by atoms with Crippen molar-refractivity contribution in [2.45, 2.75) is 18.9 Å². The fourth-order valence-corrected chi connectivity index (χ4v) is 0.910. The lowest BCUT2D eigenvalue weighted by molar-refractivity contribution is -0.137. The molecule has 0 saturated carbocycles. The van der Waals surface area contributed by atoms with Gasteiger partial charge < -0.3 is 10.8 Å². The molecule has 1 aromatic rings. The minimum atomic E-state index is -0.855. The van der Waals surface area contributed by atoms with Crippen LogP contribution in [0.4, 0.5) is 0 Å². The molecule has 1 heterocycles. The Kier molecular flexibility index (Phi) is 3.33. The molecular weight excluding hydrogens is 170 g/mol. The van der Waals surface area contributed by atoms with E-state index in [2.05, 4.69) is 9.97 Å². The Labute approximate surface area is 75.6 Å². The second-order valence-corrected chi connectivity index (χ2v) is 2.65. The highest BCUT2D eigenvalue weighted by Gasteiger charge is 2.09. The summed E-state index contributed by atoms with van der Waals surface area (Å²) in [4.78, 5) is 18.1. The summed E-state index contributed by atoms with van der Waals surface area (Å²) >= 11 is 0. The van der Waals surface area contributed by atoms with Crippen molar-refractivity contribution in [1.29, 1.82) is 0 Å². The zero-order valence-electron chi connectivity index (χ0n) is 7.05. The molecule has 1 unspecified atom stereocenters. The first-order valence-electron chi connectivity index (χ1n) is 3.94. The number of hydrogen-bond acceptors (Lipinski definition) is 4. The van der Waals surface area contributed by atoms with Gasteiger partial charge in [0.25, 0.3) is 0 Å². The molecule has 5 nitrogen and oxygen atoms in total. The van der Waals surface area contributed by atoms with Gasteiger partial charge in [0, 0.05) is 18.8 Å². The molecule has 0 amide bonds. The average Bonchev–Trinajstić information content (AvgIpc) is 2.15. The van der Waals surface area contributed by atoms with Crippen LogP contribution in [0.5, 0.6) is 0 Å². The van der Waals surface area contributed by atoms with Gasteiger partial charge in [-0.25, -0.2) is 9.97 Å². The van der Waals surface area contributed by atoms with E-state index >= 15 is 0 Å². The first-order chi connectivity index (χ1) is 6.20. The normalized spacial score (nSPS) is 12.4. The van der Waals surface area contributed by atoms with Gasteiger partial charge in [-0.1, -0.05) is 0 Å². The molecule has 3 N–H and O–H groups in total. The molecule has 1 atom stereocenters. The second-order valence-electron chi connectivity index (χ2n) is 2.65.